The number of amides is 2. The van der Waals surface area contributed by atoms with E-state index in [1.54, 1.807) is 18.0 Å². The van der Waals surface area contributed by atoms with Gasteiger partial charge < -0.3 is 15.4 Å². The van der Waals surface area contributed by atoms with Crippen molar-refractivity contribution < 1.29 is 14.3 Å². The molecule has 1 aromatic carbocycles. The van der Waals surface area contributed by atoms with Gasteiger partial charge in [0.1, 0.15) is 5.75 Å². The molecule has 0 unspecified atom stereocenters. The lowest BCUT2D eigenvalue weighted by Crippen LogP contribution is -2.35. The Kier molecular flexibility index (Phi) is 4.76. The Morgan fingerprint density at radius 3 is 2.86 bits per heavy atom. The molecule has 2 amide bonds. The molecule has 1 aromatic heterocycles. The van der Waals surface area contributed by atoms with Crippen LogP contribution < -0.4 is 15.4 Å². The molecular formula is C14H18N4O3. The van der Waals surface area contributed by atoms with Crippen molar-refractivity contribution in [2.75, 3.05) is 20.7 Å². The number of aromatic nitrogens is 2. The van der Waals surface area contributed by atoms with Crippen molar-refractivity contribution in [1.82, 2.24) is 20.4 Å². The molecule has 2 rings (SSSR count). The first-order valence-electron chi connectivity index (χ1n) is 6.61. The number of likely N-dealkylation sites (N-methyl/N-ethyl adjacent to an activating group) is 1. The Hall–Kier alpha value is -2.57. The molecule has 0 aliphatic rings. The van der Waals surface area contributed by atoms with Gasteiger partial charge in [0, 0.05) is 18.9 Å². The lowest BCUT2D eigenvalue weighted by Gasteiger charge is -2.06. The van der Waals surface area contributed by atoms with Crippen LogP contribution in [0, 0.1) is 0 Å². The van der Waals surface area contributed by atoms with Crippen LogP contribution in [0.15, 0.2) is 24.4 Å². The summed E-state index contributed by atoms with van der Waals surface area (Å²) in [5, 5.41) is 10.2. The minimum absolute atomic E-state index is 0.00755. The van der Waals surface area contributed by atoms with Gasteiger partial charge in [-0.2, -0.15) is 5.10 Å². The van der Waals surface area contributed by atoms with Gasteiger partial charge in [0.05, 0.1) is 31.9 Å². The molecular weight excluding hydrogens is 272 g/mol. The molecule has 7 nitrogen and oxygen atoms in total. The van der Waals surface area contributed by atoms with Crippen molar-refractivity contribution in [2.45, 2.75) is 13.0 Å². The lowest BCUT2D eigenvalue weighted by atomic mass is 10.2. The second-order valence-corrected chi connectivity index (χ2v) is 4.49. The highest BCUT2D eigenvalue weighted by molar-refractivity contribution is 5.84. The van der Waals surface area contributed by atoms with E-state index in [0.717, 1.165) is 16.7 Å². The zero-order chi connectivity index (χ0) is 15.2. The smallest absolute Gasteiger partial charge is 0.239 e. The molecule has 7 heteroatoms. The third-order valence-corrected chi connectivity index (χ3v) is 3.12. The summed E-state index contributed by atoms with van der Waals surface area (Å²) < 4.78 is 6.91. The zero-order valence-electron chi connectivity index (χ0n) is 12.0. The van der Waals surface area contributed by atoms with Crippen LogP contribution in [0.4, 0.5) is 0 Å². The molecule has 1 heterocycles. The molecule has 0 saturated carbocycles. The number of rotatable bonds is 6. The van der Waals surface area contributed by atoms with Gasteiger partial charge >= 0.3 is 0 Å². The predicted octanol–water partition coefficient (Wildman–Crippen LogP) is 0.297. The van der Waals surface area contributed by atoms with E-state index in [1.807, 2.05) is 18.2 Å². The number of aryl methyl sites for hydroxylation is 1. The van der Waals surface area contributed by atoms with Crippen LogP contribution in [0.25, 0.3) is 10.9 Å². The van der Waals surface area contributed by atoms with Crippen molar-refractivity contribution in [3.8, 4) is 5.75 Å². The van der Waals surface area contributed by atoms with E-state index in [4.69, 9.17) is 4.74 Å². The number of nitrogens with zero attached hydrogens (tertiary/aromatic N) is 2. The molecule has 0 aliphatic heterocycles. The summed E-state index contributed by atoms with van der Waals surface area (Å²) in [5.74, 6) is 0.362. The minimum Gasteiger partial charge on any atom is -0.497 e. The third-order valence-electron chi connectivity index (χ3n) is 3.12. The summed E-state index contributed by atoms with van der Waals surface area (Å²) in [4.78, 5) is 22.7. The summed E-state index contributed by atoms with van der Waals surface area (Å²) >= 11 is 0. The number of benzene rings is 1. The molecule has 2 aromatic rings. The molecule has 0 radical (unpaired) electrons. The maximum atomic E-state index is 11.6. The van der Waals surface area contributed by atoms with E-state index in [0.29, 0.717) is 6.54 Å². The fourth-order valence-corrected chi connectivity index (χ4v) is 1.93. The van der Waals surface area contributed by atoms with Crippen molar-refractivity contribution in [2.24, 2.45) is 0 Å². The van der Waals surface area contributed by atoms with Gasteiger partial charge in [0.15, 0.2) is 0 Å². The molecule has 21 heavy (non-hydrogen) atoms. The Morgan fingerprint density at radius 2 is 2.14 bits per heavy atom. The molecule has 0 atom stereocenters. The first kappa shape index (κ1) is 14.8. The van der Waals surface area contributed by atoms with Gasteiger partial charge in [-0.1, -0.05) is 0 Å². The van der Waals surface area contributed by atoms with Crippen LogP contribution in [-0.2, 0) is 16.1 Å². The van der Waals surface area contributed by atoms with Crippen LogP contribution in [0.3, 0.4) is 0 Å². The van der Waals surface area contributed by atoms with Crippen LogP contribution >= 0.6 is 0 Å². The van der Waals surface area contributed by atoms with Crippen LogP contribution in [0.1, 0.15) is 6.42 Å². The second kappa shape index (κ2) is 6.74. The number of carbonyl (C=O) groups is 2. The zero-order valence-corrected chi connectivity index (χ0v) is 12.0. The number of hydrogen-bond acceptors (Lipinski definition) is 4. The van der Waals surface area contributed by atoms with E-state index in [9.17, 15) is 9.59 Å². The van der Waals surface area contributed by atoms with E-state index in [-0.39, 0.29) is 24.8 Å². The number of carbonyl (C=O) groups excluding carboxylic acids is 2. The molecule has 112 valence electrons. The summed E-state index contributed by atoms with van der Waals surface area (Å²) in [6, 6.07) is 5.65. The van der Waals surface area contributed by atoms with Crippen LogP contribution in [0.2, 0.25) is 0 Å². The van der Waals surface area contributed by atoms with Gasteiger partial charge in [-0.05, 0) is 18.2 Å². The molecule has 0 bridgehead atoms. The quantitative estimate of drug-likeness (QED) is 0.801. The Balaban J connectivity index is 1.94. The van der Waals surface area contributed by atoms with Gasteiger partial charge in [-0.3, -0.25) is 14.3 Å². The van der Waals surface area contributed by atoms with Gasteiger partial charge in [-0.15, -0.1) is 0 Å². The maximum Gasteiger partial charge on any atom is 0.239 e. The monoisotopic (exact) mass is 290 g/mol. The molecule has 0 spiro atoms. The number of hydrogen-bond donors (Lipinski definition) is 2. The number of methoxy groups -OCH3 is 1. The number of fused-ring (bicyclic) bond motifs is 1. The van der Waals surface area contributed by atoms with Crippen LogP contribution in [-0.4, -0.2) is 42.3 Å². The lowest BCUT2D eigenvalue weighted by molar-refractivity contribution is -0.126. The molecule has 0 fully saturated rings. The molecule has 2 N–H and O–H groups in total. The third kappa shape index (κ3) is 3.71. The summed E-state index contributed by atoms with van der Waals surface area (Å²) in [7, 11) is 3.14. The topological polar surface area (TPSA) is 85.3 Å². The SMILES string of the molecule is CNC(=O)CNC(=O)CCn1ncc2cc(OC)ccc21. The van der Waals surface area contributed by atoms with Gasteiger partial charge in [0.2, 0.25) is 11.8 Å². The Morgan fingerprint density at radius 1 is 1.33 bits per heavy atom. The average molecular weight is 290 g/mol. The second-order valence-electron chi connectivity index (χ2n) is 4.49. The standard InChI is InChI=1S/C14H18N4O3/c1-15-14(20)9-16-13(19)5-6-18-12-4-3-11(21-2)7-10(12)8-17-18/h3-4,7-8H,5-6,9H2,1-2H3,(H,15,20)(H,16,19). The van der Waals surface area contributed by atoms with Crippen molar-refractivity contribution in [1.29, 1.82) is 0 Å². The van der Waals surface area contributed by atoms with E-state index in [1.165, 1.54) is 7.05 Å². The van der Waals surface area contributed by atoms with Gasteiger partial charge in [-0.25, -0.2) is 0 Å². The van der Waals surface area contributed by atoms with Crippen molar-refractivity contribution in [3.05, 3.63) is 24.4 Å². The normalized spacial score (nSPS) is 10.4. The summed E-state index contributed by atoms with van der Waals surface area (Å²) in [6.45, 7) is 0.446. The summed E-state index contributed by atoms with van der Waals surface area (Å²) in [5.41, 5.74) is 0.940. The van der Waals surface area contributed by atoms with Crippen molar-refractivity contribution >= 4 is 22.7 Å². The van der Waals surface area contributed by atoms with Gasteiger partial charge in [0.25, 0.3) is 0 Å². The average Bonchev–Trinajstić information content (AvgIpc) is 2.92. The molecule has 0 aliphatic carbocycles. The number of ether oxygens (including phenoxy) is 1. The van der Waals surface area contributed by atoms with E-state index < -0.39 is 0 Å². The highest BCUT2D eigenvalue weighted by Crippen LogP contribution is 2.20. The fraction of sp³-hybridized carbons (Fsp3) is 0.357. The van der Waals surface area contributed by atoms with Crippen molar-refractivity contribution in [3.63, 3.8) is 0 Å². The first-order chi connectivity index (χ1) is 10.1. The highest BCUT2D eigenvalue weighted by Gasteiger charge is 2.07. The van der Waals surface area contributed by atoms with E-state index >= 15 is 0 Å². The largest absolute Gasteiger partial charge is 0.497 e. The Bertz CT molecular complexity index is 651. The minimum atomic E-state index is -0.222. The summed E-state index contributed by atoms with van der Waals surface area (Å²) in [6.07, 6.45) is 2.00. The first-order valence-corrected chi connectivity index (χ1v) is 6.61. The molecule has 0 saturated heterocycles. The number of nitrogens with one attached hydrogen (secondary N) is 2. The highest BCUT2D eigenvalue weighted by atomic mass is 16.5. The maximum absolute atomic E-state index is 11.6. The predicted molar refractivity (Wildman–Crippen MR) is 78.0 cm³/mol. The van der Waals surface area contributed by atoms with E-state index in [2.05, 4.69) is 15.7 Å². The fourth-order valence-electron chi connectivity index (χ4n) is 1.93. The van der Waals surface area contributed by atoms with Crippen LogP contribution in [0.5, 0.6) is 5.75 Å². The Labute approximate surface area is 122 Å².